The molecule has 0 bridgehead atoms. The number of aromatic nitrogens is 2. The first-order chi connectivity index (χ1) is 13.5. The fourth-order valence-electron chi connectivity index (χ4n) is 2.49. The lowest BCUT2D eigenvalue weighted by Gasteiger charge is -2.01. The van der Waals surface area contributed by atoms with Crippen LogP contribution in [0.4, 0.5) is 11.0 Å². The molecule has 10 nitrogen and oxygen atoms in total. The molecule has 0 saturated heterocycles. The number of nitrogens with one attached hydrogen (secondary N) is 1. The summed E-state index contributed by atoms with van der Waals surface area (Å²) in [6.45, 7) is 2.37. The van der Waals surface area contributed by atoms with Gasteiger partial charge in [-0.25, -0.2) is 0 Å². The second kappa shape index (κ2) is 7.12. The Morgan fingerprint density at radius 2 is 2.14 bits per heavy atom. The summed E-state index contributed by atoms with van der Waals surface area (Å²) >= 11 is 0.747. The summed E-state index contributed by atoms with van der Waals surface area (Å²) in [6.07, 6.45) is 0. The molecule has 3 heterocycles. The van der Waals surface area contributed by atoms with Crippen molar-refractivity contribution in [1.82, 2.24) is 10.2 Å². The van der Waals surface area contributed by atoms with Crippen molar-refractivity contribution in [3.8, 4) is 17.4 Å². The van der Waals surface area contributed by atoms with Gasteiger partial charge in [0.15, 0.2) is 17.1 Å². The molecule has 0 saturated carbocycles. The van der Waals surface area contributed by atoms with E-state index in [1.165, 1.54) is 12.1 Å². The van der Waals surface area contributed by atoms with E-state index in [0.717, 1.165) is 16.7 Å². The number of fused-ring (bicyclic) bond motifs is 1. The molecule has 0 spiro atoms. The van der Waals surface area contributed by atoms with E-state index >= 15 is 0 Å². The fraction of sp³-hybridized carbons (Fsp3) is 0.118. The third-order valence-electron chi connectivity index (χ3n) is 3.66. The number of thiophene rings is 1. The van der Waals surface area contributed by atoms with Gasteiger partial charge in [-0.05, 0) is 25.1 Å². The molecule has 1 N–H and O–H groups in total. The van der Waals surface area contributed by atoms with Gasteiger partial charge in [-0.15, -0.1) is 5.10 Å². The Bertz CT molecular complexity index is 1180. The first-order valence-electron chi connectivity index (χ1n) is 8.10. The second-order valence-electron chi connectivity index (χ2n) is 5.48. The predicted molar refractivity (Wildman–Crippen MR) is 99.6 cm³/mol. The van der Waals surface area contributed by atoms with Crippen molar-refractivity contribution in [3.63, 3.8) is 0 Å². The number of para-hydroxylation sites is 1. The van der Waals surface area contributed by atoms with Crippen LogP contribution in [0, 0.1) is 10.1 Å². The highest BCUT2D eigenvalue weighted by molar-refractivity contribution is 7.17. The lowest BCUT2D eigenvalue weighted by molar-refractivity contribution is -0.380. The van der Waals surface area contributed by atoms with Crippen LogP contribution >= 0.6 is 11.3 Å². The van der Waals surface area contributed by atoms with Gasteiger partial charge in [0, 0.05) is 11.5 Å². The molecule has 4 rings (SSSR count). The molecule has 4 aromatic rings. The third-order valence-corrected chi connectivity index (χ3v) is 4.70. The minimum Gasteiger partial charge on any atom is -0.490 e. The van der Waals surface area contributed by atoms with E-state index in [9.17, 15) is 14.9 Å². The van der Waals surface area contributed by atoms with Gasteiger partial charge in [0.1, 0.15) is 0 Å². The van der Waals surface area contributed by atoms with Crippen molar-refractivity contribution >= 4 is 39.2 Å². The molecule has 28 heavy (non-hydrogen) atoms. The summed E-state index contributed by atoms with van der Waals surface area (Å²) in [6, 6.07) is 9.66. The van der Waals surface area contributed by atoms with Crippen molar-refractivity contribution in [3.05, 3.63) is 51.4 Å². The number of carbonyl (C=O) groups is 1. The van der Waals surface area contributed by atoms with Crippen LogP contribution in [-0.2, 0) is 0 Å². The molecule has 1 aromatic carbocycles. The van der Waals surface area contributed by atoms with Crippen LogP contribution in [0.25, 0.3) is 22.6 Å². The van der Waals surface area contributed by atoms with Crippen molar-refractivity contribution in [2.75, 3.05) is 11.9 Å². The Morgan fingerprint density at radius 3 is 2.89 bits per heavy atom. The van der Waals surface area contributed by atoms with Gasteiger partial charge in [-0.2, -0.15) is 0 Å². The molecular formula is C17H12N4O6S. The lowest BCUT2D eigenvalue weighted by atomic mass is 10.2. The molecule has 1 amide bonds. The number of nitro groups is 1. The van der Waals surface area contributed by atoms with Gasteiger partial charge in [0.25, 0.3) is 11.8 Å². The molecule has 142 valence electrons. The van der Waals surface area contributed by atoms with E-state index in [4.69, 9.17) is 13.6 Å². The second-order valence-corrected chi connectivity index (χ2v) is 6.54. The topological polar surface area (TPSA) is 134 Å². The Hall–Kier alpha value is -3.73. The highest BCUT2D eigenvalue weighted by Crippen LogP contribution is 2.33. The molecule has 0 unspecified atom stereocenters. The molecule has 3 aromatic heterocycles. The van der Waals surface area contributed by atoms with Crippen molar-refractivity contribution in [2.24, 2.45) is 0 Å². The van der Waals surface area contributed by atoms with Gasteiger partial charge < -0.3 is 13.6 Å². The Morgan fingerprint density at radius 1 is 1.29 bits per heavy atom. The zero-order chi connectivity index (χ0) is 19.7. The van der Waals surface area contributed by atoms with Crippen LogP contribution in [0.2, 0.25) is 0 Å². The van der Waals surface area contributed by atoms with Crippen LogP contribution in [0.3, 0.4) is 0 Å². The number of carbonyl (C=O) groups excluding carboxylic acids is 1. The zero-order valence-corrected chi connectivity index (χ0v) is 15.2. The number of ether oxygens (including phenoxy) is 1. The van der Waals surface area contributed by atoms with Crippen LogP contribution in [0.1, 0.15) is 16.6 Å². The Balaban J connectivity index is 1.55. The number of hydrogen-bond acceptors (Lipinski definition) is 9. The highest BCUT2D eigenvalue weighted by atomic mass is 32.1. The van der Waals surface area contributed by atoms with Crippen molar-refractivity contribution in [1.29, 1.82) is 0 Å². The van der Waals surface area contributed by atoms with Gasteiger partial charge in [-0.1, -0.05) is 28.6 Å². The molecule has 0 aliphatic heterocycles. The predicted octanol–water partition coefficient (Wildman–Crippen LogP) is 4.10. The number of benzene rings is 1. The normalized spacial score (nSPS) is 10.9. The average molecular weight is 400 g/mol. The molecule has 0 atom stereocenters. The van der Waals surface area contributed by atoms with E-state index in [2.05, 4.69) is 15.5 Å². The standard InChI is InChI=1S/C17H12N4O6S/c1-2-25-10-5-3-4-9-8-11(26-14(9)10)16-19-20-17(27-16)18-15(22)12-6-7-13(28-12)21(23)24/h3-8H,2H2,1H3,(H,18,20,22). The van der Waals surface area contributed by atoms with Crippen LogP contribution < -0.4 is 10.1 Å². The Labute approximate surface area is 160 Å². The smallest absolute Gasteiger partial charge is 0.324 e. The maximum absolute atomic E-state index is 12.2. The van der Waals surface area contributed by atoms with E-state index < -0.39 is 10.8 Å². The molecule has 0 aliphatic carbocycles. The summed E-state index contributed by atoms with van der Waals surface area (Å²) in [5, 5.41) is 21.4. The number of anilines is 1. The highest BCUT2D eigenvalue weighted by Gasteiger charge is 2.19. The SMILES string of the molecule is CCOc1cccc2cc(-c3nnc(NC(=O)c4ccc([N+](=O)[O-])s4)o3)oc12. The summed E-state index contributed by atoms with van der Waals surface area (Å²) < 4.78 is 16.7. The maximum Gasteiger partial charge on any atom is 0.324 e. The lowest BCUT2D eigenvalue weighted by Crippen LogP contribution is -2.10. The van der Waals surface area contributed by atoms with Gasteiger partial charge >= 0.3 is 11.0 Å². The Kier molecular flexibility index (Phi) is 4.49. The molecule has 11 heteroatoms. The number of amides is 1. The summed E-state index contributed by atoms with van der Waals surface area (Å²) in [4.78, 5) is 22.5. The zero-order valence-electron chi connectivity index (χ0n) is 14.4. The van der Waals surface area contributed by atoms with Crippen molar-refractivity contribution < 1.29 is 23.3 Å². The number of furan rings is 1. The van der Waals surface area contributed by atoms with Gasteiger partial charge in [0.05, 0.1) is 16.4 Å². The van der Waals surface area contributed by atoms with Crippen LogP contribution in [0.15, 0.2) is 45.2 Å². The van der Waals surface area contributed by atoms with E-state index in [1.807, 2.05) is 19.1 Å². The number of nitrogens with zero attached hydrogens (tertiary/aromatic N) is 3. The van der Waals surface area contributed by atoms with Gasteiger partial charge in [-0.3, -0.25) is 20.2 Å². The molecule has 0 aliphatic rings. The summed E-state index contributed by atoms with van der Waals surface area (Å²) in [7, 11) is 0. The average Bonchev–Trinajstić information content (AvgIpc) is 3.41. The first kappa shape index (κ1) is 17.7. The third kappa shape index (κ3) is 3.30. The minimum absolute atomic E-state index is 0.0751. The molecular weight excluding hydrogens is 388 g/mol. The largest absolute Gasteiger partial charge is 0.490 e. The van der Waals surface area contributed by atoms with Gasteiger partial charge in [0.2, 0.25) is 0 Å². The molecule has 0 radical (unpaired) electrons. The number of rotatable bonds is 6. The summed E-state index contributed by atoms with van der Waals surface area (Å²) in [5.74, 6) is 0.406. The van der Waals surface area contributed by atoms with Crippen molar-refractivity contribution in [2.45, 2.75) is 6.92 Å². The maximum atomic E-state index is 12.2. The minimum atomic E-state index is -0.587. The molecule has 0 fully saturated rings. The monoisotopic (exact) mass is 400 g/mol. The van der Waals surface area contributed by atoms with Crippen LogP contribution in [-0.4, -0.2) is 27.6 Å². The summed E-state index contributed by atoms with van der Waals surface area (Å²) in [5.41, 5.74) is 0.550. The fourth-order valence-corrected chi connectivity index (χ4v) is 3.21. The first-order valence-corrected chi connectivity index (χ1v) is 8.91. The van der Waals surface area contributed by atoms with E-state index in [0.29, 0.717) is 23.7 Å². The van der Waals surface area contributed by atoms with Crippen LogP contribution in [0.5, 0.6) is 5.75 Å². The number of hydrogen-bond donors (Lipinski definition) is 1. The quantitative estimate of drug-likeness (QED) is 0.378. The van der Waals surface area contributed by atoms with E-state index in [1.54, 1.807) is 12.1 Å². The van der Waals surface area contributed by atoms with E-state index in [-0.39, 0.29) is 21.8 Å².